The minimum Gasteiger partial charge on any atom is -0.397 e. The number of benzene rings is 1. The summed E-state index contributed by atoms with van der Waals surface area (Å²) in [7, 11) is 0. The Morgan fingerprint density at radius 1 is 1.24 bits per heavy atom. The molecule has 2 aromatic rings. The van der Waals surface area contributed by atoms with Gasteiger partial charge in [0.05, 0.1) is 11.4 Å². The van der Waals surface area contributed by atoms with Crippen LogP contribution in [0.2, 0.25) is 0 Å². The van der Waals surface area contributed by atoms with Crippen LogP contribution in [0.25, 0.3) is 0 Å². The summed E-state index contributed by atoms with van der Waals surface area (Å²) in [5, 5.41) is 3.33. The summed E-state index contributed by atoms with van der Waals surface area (Å²) < 4.78 is 0. The quantitative estimate of drug-likeness (QED) is 0.793. The number of rotatable bonds is 3. The monoisotopic (exact) mass is 227 g/mol. The van der Waals surface area contributed by atoms with Crippen LogP contribution in [-0.4, -0.2) is 4.98 Å². The number of nitrogens with one attached hydrogen (secondary N) is 1. The van der Waals surface area contributed by atoms with Crippen LogP contribution >= 0.6 is 0 Å². The molecule has 0 bridgehead atoms. The Kier molecular flexibility index (Phi) is 3.28. The summed E-state index contributed by atoms with van der Waals surface area (Å²) in [5.74, 6) is 0. The predicted molar refractivity (Wildman–Crippen MR) is 71.9 cm³/mol. The average Bonchev–Trinajstić information content (AvgIpc) is 2.33. The third kappa shape index (κ3) is 2.75. The number of anilines is 2. The molecule has 1 aromatic heterocycles. The van der Waals surface area contributed by atoms with Crippen molar-refractivity contribution in [2.24, 2.45) is 0 Å². The zero-order valence-electron chi connectivity index (χ0n) is 10.2. The SMILES string of the molecule is Cc1cc(N)c(NCc2cccnc2)cc1C. The third-order valence-corrected chi connectivity index (χ3v) is 2.87. The Morgan fingerprint density at radius 2 is 2.00 bits per heavy atom. The van der Waals surface area contributed by atoms with Crippen LogP contribution in [0.15, 0.2) is 36.7 Å². The van der Waals surface area contributed by atoms with E-state index in [1.54, 1.807) is 6.20 Å². The molecule has 3 heteroatoms. The predicted octanol–water partition coefficient (Wildman–Crippen LogP) is 2.89. The van der Waals surface area contributed by atoms with Crippen molar-refractivity contribution in [2.45, 2.75) is 20.4 Å². The van der Waals surface area contributed by atoms with Crippen molar-refractivity contribution in [2.75, 3.05) is 11.1 Å². The molecule has 88 valence electrons. The zero-order chi connectivity index (χ0) is 12.3. The number of nitrogens with zero attached hydrogens (tertiary/aromatic N) is 1. The second kappa shape index (κ2) is 4.87. The molecule has 0 saturated heterocycles. The molecule has 0 atom stereocenters. The van der Waals surface area contributed by atoms with Crippen LogP contribution in [-0.2, 0) is 6.54 Å². The van der Waals surface area contributed by atoms with Crippen LogP contribution in [0.1, 0.15) is 16.7 Å². The van der Waals surface area contributed by atoms with Crippen molar-refractivity contribution in [3.63, 3.8) is 0 Å². The fraction of sp³-hybridized carbons (Fsp3) is 0.214. The van der Waals surface area contributed by atoms with Gasteiger partial charge in [0, 0.05) is 18.9 Å². The van der Waals surface area contributed by atoms with Gasteiger partial charge in [0.25, 0.3) is 0 Å². The fourth-order valence-electron chi connectivity index (χ4n) is 1.69. The summed E-state index contributed by atoms with van der Waals surface area (Å²) in [6, 6.07) is 8.06. The molecule has 0 aliphatic carbocycles. The minimum atomic E-state index is 0.737. The van der Waals surface area contributed by atoms with E-state index in [-0.39, 0.29) is 0 Å². The molecule has 1 aromatic carbocycles. The molecule has 0 amide bonds. The lowest BCUT2D eigenvalue weighted by Crippen LogP contribution is -2.03. The van der Waals surface area contributed by atoms with Gasteiger partial charge in [0.2, 0.25) is 0 Å². The summed E-state index contributed by atoms with van der Waals surface area (Å²) in [4.78, 5) is 4.08. The Balaban J connectivity index is 2.12. The summed E-state index contributed by atoms with van der Waals surface area (Å²) in [6.45, 7) is 4.89. The second-order valence-corrected chi connectivity index (χ2v) is 4.24. The molecule has 0 fully saturated rings. The fourth-order valence-corrected chi connectivity index (χ4v) is 1.69. The van der Waals surface area contributed by atoms with Gasteiger partial charge >= 0.3 is 0 Å². The van der Waals surface area contributed by atoms with E-state index in [0.29, 0.717) is 0 Å². The molecular weight excluding hydrogens is 210 g/mol. The van der Waals surface area contributed by atoms with Gasteiger partial charge in [0.1, 0.15) is 0 Å². The molecular formula is C14H17N3. The van der Waals surface area contributed by atoms with E-state index in [4.69, 9.17) is 5.73 Å². The van der Waals surface area contributed by atoms with Crippen LogP contribution < -0.4 is 11.1 Å². The number of hydrogen-bond acceptors (Lipinski definition) is 3. The van der Waals surface area contributed by atoms with Gasteiger partial charge in [0.15, 0.2) is 0 Å². The second-order valence-electron chi connectivity index (χ2n) is 4.24. The van der Waals surface area contributed by atoms with Crippen LogP contribution in [0.4, 0.5) is 11.4 Å². The summed E-state index contributed by atoms with van der Waals surface area (Å²) >= 11 is 0. The largest absolute Gasteiger partial charge is 0.397 e. The van der Waals surface area contributed by atoms with Gasteiger partial charge in [-0.1, -0.05) is 6.07 Å². The highest BCUT2D eigenvalue weighted by molar-refractivity contribution is 5.68. The first-order valence-corrected chi connectivity index (χ1v) is 5.66. The van der Waals surface area contributed by atoms with Crippen LogP contribution in [0, 0.1) is 13.8 Å². The van der Waals surface area contributed by atoms with E-state index in [9.17, 15) is 0 Å². The molecule has 3 N–H and O–H groups in total. The Bertz CT molecular complexity index is 506. The van der Waals surface area contributed by atoms with Crippen molar-refractivity contribution >= 4 is 11.4 Å². The van der Waals surface area contributed by atoms with Crippen LogP contribution in [0.3, 0.4) is 0 Å². The van der Waals surface area contributed by atoms with Gasteiger partial charge in [-0.2, -0.15) is 0 Å². The number of pyridine rings is 1. The first-order valence-electron chi connectivity index (χ1n) is 5.66. The molecule has 3 nitrogen and oxygen atoms in total. The van der Waals surface area contributed by atoms with E-state index in [0.717, 1.165) is 23.5 Å². The first-order chi connectivity index (χ1) is 8.16. The Labute approximate surface area is 102 Å². The molecule has 1 heterocycles. The highest BCUT2D eigenvalue weighted by Crippen LogP contribution is 2.23. The Hall–Kier alpha value is -2.03. The number of nitrogens with two attached hydrogens (primary N) is 1. The van der Waals surface area contributed by atoms with Gasteiger partial charge in [-0.3, -0.25) is 4.98 Å². The molecule has 17 heavy (non-hydrogen) atoms. The van der Waals surface area contributed by atoms with Gasteiger partial charge in [-0.25, -0.2) is 0 Å². The number of nitrogen functional groups attached to an aromatic ring is 1. The number of aryl methyl sites for hydroxylation is 2. The lowest BCUT2D eigenvalue weighted by molar-refractivity contribution is 1.11. The number of hydrogen-bond donors (Lipinski definition) is 2. The lowest BCUT2D eigenvalue weighted by atomic mass is 10.1. The molecule has 0 aliphatic heterocycles. The molecule has 2 rings (SSSR count). The van der Waals surface area contributed by atoms with Crippen LogP contribution in [0.5, 0.6) is 0 Å². The average molecular weight is 227 g/mol. The number of aromatic nitrogens is 1. The van der Waals surface area contributed by atoms with Gasteiger partial charge in [-0.15, -0.1) is 0 Å². The van der Waals surface area contributed by atoms with Gasteiger partial charge < -0.3 is 11.1 Å². The topological polar surface area (TPSA) is 50.9 Å². The van der Waals surface area contributed by atoms with Crippen molar-refractivity contribution in [3.05, 3.63) is 53.3 Å². The maximum Gasteiger partial charge on any atom is 0.0579 e. The van der Waals surface area contributed by atoms with Crippen molar-refractivity contribution in [1.29, 1.82) is 0 Å². The summed E-state index contributed by atoms with van der Waals surface area (Å²) in [6.07, 6.45) is 3.62. The normalized spacial score (nSPS) is 10.2. The zero-order valence-corrected chi connectivity index (χ0v) is 10.2. The van der Waals surface area contributed by atoms with Gasteiger partial charge in [-0.05, 0) is 48.7 Å². The molecule has 0 aliphatic rings. The maximum absolute atomic E-state index is 5.98. The van der Waals surface area contributed by atoms with E-state index < -0.39 is 0 Å². The standard InChI is InChI=1S/C14H17N3/c1-10-6-13(15)14(7-11(10)2)17-9-12-4-3-5-16-8-12/h3-8,17H,9,15H2,1-2H3. The first kappa shape index (κ1) is 11.5. The third-order valence-electron chi connectivity index (χ3n) is 2.87. The highest BCUT2D eigenvalue weighted by atomic mass is 14.9. The highest BCUT2D eigenvalue weighted by Gasteiger charge is 2.02. The molecule has 0 spiro atoms. The van der Waals surface area contributed by atoms with Crippen molar-refractivity contribution < 1.29 is 0 Å². The molecule has 0 unspecified atom stereocenters. The van der Waals surface area contributed by atoms with Crippen molar-refractivity contribution in [3.8, 4) is 0 Å². The van der Waals surface area contributed by atoms with Crippen molar-refractivity contribution in [1.82, 2.24) is 4.98 Å². The summed E-state index contributed by atoms with van der Waals surface area (Å²) in [5.41, 5.74) is 11.4. The van der Waals surface area contributed by atoms with E-state index in [1.807, 2.05) is 24.4 Å². The van der Waals surface area contributed by atoms with E-state index in [1.165, 1.54) is 11.1 Å². The smallest absolute Gasteiger partial charge is 0.0579 e. The Morgan fingerprint density at radius 3 is 2.71 bits per heavy atom. The molecule has 0 saturated carbocycles. The lowest BCUT2D eigenvalue weighted by Gasteiger charge is -2.11. The minimum absolute atomic E-state index is 0.737. The maximum atomic E-state index is 5.98. The van der Waals surface area contributed by atoms with E-state index in [2.05, 4.69) is 30.2 Å². The molecule has 0 radical (unpaired) electrons. The van der Waals surface area contributed by atoms with E-state index >= 15 is 0 Å².